The lowest BCUT2D eigenvalue weighted by atomic mass is 10.2. The van der Waals surface area contributed by atoms with Crippen LogP contribution in [0.5, 0.6) is 5.75 Å². The Morgan fingerprint density at radius 1 is 1.00 bits per heavy atom. The molecule has 0 atom stereocenters. The fraction of sp³-hybridized carbons (Fsp3) is 0.467. The molecular formula is C15H19BrO5. The Bertz CT molecular complexity index is 444. The third kappa shape index (κ3) is 8.34. The second-order valence-corrected chi connectivity index (χ2v) is 5.10. The van der Waals surface area contributed by atoms with Crippen molar-refractivity contribution in [1.29, 1.82) is 0 Å². The summed E-state index contributed by atoms with van der Waals surface area (Å²) >= 11 is 3.33. The van der Waals surface area contributed by atoms with Crippen molar-refractivity contribution in [3.05, 3.63) is 28.7 Å². The van der Waals surface area contributed by atoms with Crippen LogP contribution in [0, 0.1) is 0 Å². The number of hydrogen-bond donors (Lipinski definition) is 0. The summed E-state index contributed by atoms with van der Waals surface area (Å²) in [6, 6.07) is 7.39. The fourth-order valence-corrected chi connectivity index (χ4v) is 1.79. The van der Waals surface area contributed by atoms with Crippen molar-refractivity contribution >= 4 is 27.9 Å². The smallest absolute Gasteiger partial charge is 0.305 e. The molecule has 1 aromatic rings. The van der Waals surface area contributed by atoms with Crippen LogP contribution in [0.15, 0.2) is 28.7 Å². The van der Waals surface area contributed by atoms with Crippen molar-refractivity contribution in [1.82, 2.24) is 0 Å². The van der Waals surface area contributed by atoms with E-state index in [0.717, 1.165) is 10.2 Å². The predicted molar refractivity (Wildman–Crippen MR) is 81.1 cm³/mol. The third-order valence-corrected chi connectivity index (χ3v) is 3.02. The third-order valence-electron chi connectivity index (χ3n) is 2.50. The molecule has 0 saturated carbocycles. The summed E-state index contributed by atoms with van der Waals surface area (Å²) in [7, 11) is 0. The van der Waals surface area contributed by atoms with Gasteiger partial charge in [-0.15, -0.1) is 0 Å². The molecule has 0 N–H and O–H groups in total. The monoisotopic (exact) mass is 358 g/mol. The molecule has 0 unspecified atom stereocenters. The van der Waals surface area contributed by atoms with Gasteiger partial charge in [0.25, 0.3) is 0 Å². The number of esters is 2. The number of hydrogen-bond acceptors (Lipinski definition) is 5. The molecular weight excluding hydrogens is 340 g/mol. The molecule has 0 aliphatic heterocycles. The highest BCUT2D eigenvalue weighted by Gasteiger charge is 2.06. The maximum Gasteiger partial charge on any atom is 0.305 e. The number of carbonyl (C=O) groups excluding carboxylic acids is 2. The molecule has 0 fully saturated rings. The minimum Gasteiger partial charge on any atom is -0.490 e. The standard InChI is InChI=1S/C15H19BrO5/c1-2-19-14(17)4-3-5-15(18)21-11-10-20-13-8-6-12(16)7-9-13/h6-9H,2-5,10-11H2,1H3. The molecule has 0 amide bonds. The van der Waals surface area contributed by atoms with E-state index in [4.69, 9.17) is 14.2 Å². The Kier molecular flexibility index (Phi) is 8.50. The maximum atomic E-state index is 11.4. The van der Waals surface area contributed by atoms with Crippen LogP contribution in [-0.2, 0) is 19.1 Å². The van der Waals surface area contributed by atoms with Crippen LogP contribution in [0.1, 0.15) is 26.2 Å². The average Bonchev–Trinajstić information content (AvgIpc) is 2.46. The zero-order valence-electron chi connectivity index (χ0n) is 12.0. The molecule has 5 nitrogen and oxygen atoms in total. The lowest BCUT2D eigenvalue weighted by Crippen LogP contribution is -2.12. The van der Waals surface area contributed by atoms with Crippen molar-refractivity contribution < 1.29 is 23.8 Å². The molecule has 0 bridgehead atoms. The highest BCUT2D eigenvalue weighted by molar-refractivity contribution is 9.10. The van der Waals surface area contributed by atoms with Crippen LogP contribution in [0.3, 0.4) is 0 Å². The van der Waals surface area contributed by atoms with Gasteiger partial charge in [-0.25, -0.2) is 0 Å². The number of carbonyl (C=O) groups is 2. The lowest BCUT2D eigenvalue weighted by molar-refractivity contribution is -0.145. The van der Waals surface area contributed by atoms with Gasteiger partial charge in [0, 0.05) is 17.3 Å². The van der Waals surface area contributed by atoms with Crippen LogP contribution < -0.4 is 4.74 Å². The van der Waals surface area contributed by atoms with E-state index in [9.17, 15) is 9.59 Å². The van der Waals surface area contributed by atoms with Crippen LogP contribution in [0.2, 0.25) is 0 Å². The Morgan fingerprint density at radius 2 is 1.62 bits per heavy atom. The Balaban J connectivity index is 2.05. The van der Waals surface area contributed by atoms with Gasteiger partial charge in [-0.1, -0.05) is 15.9 Å². The van der Waals surface area contributed by atoms with Crippen LogP contribution in [0.25, 0.3) is 0 Å². The Morgan fingerprint density at radius 3 is 2.24 bits per heavy atom. The van der Waals surface area contributed by atoms with Gasteiger partial charge < -0.3 is 14.2 Å². The SMILES string of the molecule is CCOC(=O)CCCC(=O)OCCOc1ccc(Br)cc1. The highest BCUT2D eigenvalue weighted by Crippen LogP contribution is 2.15. The van der Waals surface area contributed by atoms with Crippen molar-refractivity contribution in [2.75, 3.05) is 19.8 Å². The van der Waals surface area contributed by atoms with Gasteiger partial charge in [0.2, 0.25) is 0 Å². The summed E-state index contributed by atoms with van der Waals surface area (Å²) < 4.78 is 16.2. The topological polar surface area (TPSA) is 61.8 Å². The maximum absolute atomic E-state index is 11.4. The van der Waals surface area contributed by atoms with Gasteiger partial charge in [-0.3, -0.25) is 9.59 Å². The van der Waals surface area contributed by atoms with E-state index in [1.807, 2.05) is 24.3 Å². The largest absolute Gasteiger partial charge is 0.490 e. The summed E-state index contributed by atoms with van der Waals surface area (Å²) in [5, 5.41) is 0. The predicted octanol–water partition coefficient (Wildman–Crippen LogP) is 3.10. The van der Waals surface area contributed by atoms with Gasteiger partial charge in [-0.2, -0.15) is 0 Å². The summed E-state index contributed by atoms with van der Waals surface area (Å²) in [6.07, 6.45) is 0.876. The summed E-state index contributed by atoms with van der Waals surface area (Å²) in [6.45, 7) is 2.59. The van der Waals surface area contributed by atoms with Crippen LogP contribution >= 0.6 is 15.9 Å². The van der Waals surface area contributed by atoms with E-state index < -0.39 is 0 Å². The molecule has 0 aliphatic rings. The Hall–Kier alpha value is -1.56. The zero-order chi connectivity index (χ0) is 15.5. The van der Waals surface area contributed by atoms with Gasteiger partial charge >= 0.3 is 11.9 Å². The van der Waals surface area contributed by atoms with E-state index >= 15 is 0 Å². The average molecular weight is 359 g/mol. The van der Waals surface area contributed by atoms with Gasteiger partial charge in [0.05, 0.1) is 6.61 Å². The lowest BCUT2D eigenvalue weighted by Gasteiger charge is -2.07. The van der Waals surface area contributed by atoms with E-state index in [1.54, 1.807) is 6.92 Å². The second-order valence-electron chi connectivity index (χ2n) is 4.18. The number of ether oxygens (including phenoxy) is 3. The molecule has 21 heavy (non-hydrogen) atoms. The van der Waals surface area contributed by atoms with Crippen molar-refractivity contribution in [2.45, 2.75) is 26.2 Å². The molecule has 6 heteroatoms. The van der Waals surface area contributed by atoms with Gasteiger partial charge in [0.1, 0.15) is 19.0 Å². The van der Waals surface area contributed by atoms with Crippen molar-refractivity contribution in [3.8, 4) is 5.75 Å². The minimum absolute atomic E-state index is 0.189. The van der Waals surface area contributed by atoms with Gasteiger partial charge in [0.15, 0.2) is 0 Å². The van der Waals surface area contributed by atoms with Crippen molar-refractivity contribution in [3.63, 3.8) is 0 Å². The normalized spacial score (nSPS) is 10.0. The van der Waals surface area contributed by atoms with E-state index in [1.165, 1.54) is 0 Å². The first kappa shape index (κ1) is 17.5. The summed E-state index contributed by atoms with van der Waals surface area (Å²) in [5.74, 6) is 0.0964. The molecule has 0 radical (unpaired) electrons. The number of rotatable bonds is 9. The van der Waals surface area contributed by atoms with E-state index in [0.29, 0.717) is 19.6 Å². The van der Waals surface area contributed by atoms with E-state index in [-0.39, 0.29) is 31.4 Å². The number of benzene rings is 1. The second kappa shape index (κ2) is 10.2. The number of halogens is 1. The molecule has 0 saturated heterocycles. The molecule has 116 valence electrons. The first-order valence-electron chi connectivity index (χ1n) is 6.81. The fourth-order valence-electron chi connectivity index (χ4n) is 1.53. The minimum atomic E-state index is -0.335. The summed E-state index contributed by atoms with van der Waals surface area (Å²) in [5.41, 5.74) is 0. The van der Waals surface area contributed by atoms with Gasteiger partial charge in [-0.05, 0) is 37.6 Å². The molecule has 1 rings (SSSR count). The molecule has 0 spiro atoms. The Labute approximate surface area is 132 Å². The van der Waals surface area contributed by atoms with Crippen molar-refractivity contribution in [2.24, 2.45) is 0 Å². The first-order chi connectivity index (χ1) is 10.1. The first-order valence-corrected chi connectivity index (χ1v) is 7.60. The molecule has 1 aromatic carbocycles. The highest BCUT2D eigenvalue weighted by atomic mass is 79.9. The molecule has 0 heterocycles. The van der Waals surface area contributed by atoms with E-state index in [2.05, 4.69) is 15.9 Å². The quantitative estimate of drug-likeness (QED) is 0.501. The molecule has 0 aromatic heterocycles. The zero-order valence-corrected chi connectivity index (χ0v) is 13.6. The van der Waals surface area contributed by atoms with Crippen LogP contribution in [-0.4, -0.2) is 31.8 Å². The summed E-state index contributed by atoms with van der Waals surface area (Å²) in [4.78, 5) is 22.5. The van der Waals surface area contributed by atoms with Crippen LogP contribution in [0.4, 0.5) is 0 Å². The molecule has 0 aliphatic carbocycles.